The maximum absolute atomic E-state index is 12.8. The van der Waals surface area contributed by atoms with Gasteiger partial charge in [-0.1, -0.05) is 30.3 Å². The highest BCUT2D eigenvalue weighted by atomic mass is 16.5. The van der Waals surface area contributed by atoms with Crippen LogP contribution < -0.4 is 16.4 Å². The monoisotopic (exact) mass is 441 g/mol. The Kier molecular flexibility index (Phi) is 5.76. The van der Waals surface area contributed by atoms with Crippen LogP contribution in [0.15, 0.2) is 65.6 Å². The van der Waals surface area contributed by atoms with Gasteiger partial charge in [0, 0.05) is 41.9 Å². The zero-order valence-electron chi connectivity index (χ0n) is 17.5. The van der Waals surface area contributed by atoms with Gasteiger partial charge in [0.2, 0.25) is 0 Å². The predicted molar refractivity (Wildman–Crippen MR) is 121 cm³/mol. The van der Waals surface area contributed by atoms with Gasteiger partial charge >= 0.3 is 0 Å². The summed E-state index contributed by atoms with van der Waals surface area (Å²) >= 11 is 0. The summed E-state index contributed by atoms with van der Waals surface area (Å²) in [7, 11) is 1.61. The summed E-state index contributed by atoms with van der Waals surface area (Å²) in [5.74, 6) is -1.04. The summed E-state index contributed by atoms with van der Waals surface area (Å²) in [4.78, 5) is 39.8. The maximum Gasteiger partial charge on any atom is 0.274 e. The molecule has 4 aromatic rings. The van der Waals surface area contributed by atoms with Crippen LogP contribution in [-0.2, 0) is 13.6 Å². The van der Waals surface area contributed by atoms with Gasteiger partial charge in [-0.05, 0) is 29.8 Å². The van der Waals surface area contributed by atoms with Crippen LogP contribution in [0, 0.1) is 11.3 Å². The largest absolute Gasteiger partial charge is 0.347 e. The number of nitrogens with one attached hydrogen (secondary N) is 3. The molecule has 9 heteroatoms. The molecule has 0 fully saturated rings. The average Bonchev–Trinajstić information content (AvgIpc) is 3.30. The number of carbonyl (C=O) groups is 2. The van der Waals surface area contributed by atoms with Gasteiger partial charge in [0.1, 0.15) is 11.2 Å². The van der Waals surface area contributed by atoms with Gasteiger partial charge in [0.15, 0.2) is 0 Å². The third kappa shape index (κ3) is 4.11. The SMILES string of the molecule is Cn1cc(-c2ccccc2C#N)c2cc(C(=O)NCc3ccc(C(=O)NO)cc3)[nH]c2c1=O. The number of hydrogen-bond acceptors (Lipinski definition) is 5. The topological polar surface area (TPSA) is 140 Å². The van der Waals surface area contributed by atoms with Crippen molar-refractivity contribution in [2.24, 2.45) is 7.05 Å². The summed E-state index contributed by atoms with van der Waals surface area (Å²) in [6.45, 7) is 0.192. The minimum absolute atomic E-state index is 0.192. The van der Waals surface area contributed by atoms with Crippen LogP contribution in [0.25, 0.3) is 22.0 Å². The molecule has 4 N–H and O–H groups in total. The van der Waals surface area contributed by atoms with Crippen LogP contribution >= 0.6 is 0 Å². The van der Waals surface area contributed by atoms with Crippen LogP contribution in [0.1, 0.15) is 32.0 Å². The molecule has 9 nitrogen and oxygen atoms in total. The van der Waals surface area contributed by atoms with E-state index in [-0.39, 0.29) is 28.9 Å². The molecule has 0 unspecified atom stereocenters. The molecule has 0 bridgehead atoms. The minimum Gasteiger partial charge on any atom is -0.347 e. The molecule has 0 aliphatic heterocycles. The van der Waals surface area contributed by atoms with Crippen LogP contribution in [0.2, 0.25) is 0 Å². The van der Waals surface area contributed by atoms with Crippen LogP contribution in [-0.4, -0.2) is 26.6 Å². The molecule has 0 aliphatic rings. The zero-order chi connectivity index (χ0) is 23.5. The summed E-state index contributed by atoms with van der Waals surface area (Å²) in [6.07, 6.45) is 1.65. The van der Waals surface area contributed by atoms with E-state index in [4.69, 9.17) is 5.21 Å². The lowest BCUT2D eigenvalue weighted by Gasteiger charge is -2.08. The smallest absolute Gasteiger partial charge is 0.274 e. The van der Waals surface area contributed by atoms with Crippen LogP contribution in [0.3, 0.4) is 0 Å². The summed E-state index contributed by atoms with van der Waals surface area (Å²) in [5, 5.41) is 21.5. The Labute approximate surface area is 187 Å². The highest BCUT2D eigenvalue weighted by Crippen LogP contribution is 2.29. The molecule has 0 saturated heterocycles. The number of amides is 2. The first-order valence-corrected chi connectivity index (χ1v) is 9.96. The lowest BCUT2D eigenvalue weighted by molar-refractivity contribution is 0.0706. The van der Waals surface area contributed by atoms with Gasteiger partial charge in [-0.15, -0.1) is 0 Å². The van der Waals surface area contributed by atoms with Gasteiger partial charge < -0.3 is 14.9 Å². The number of aryl methyl sites for hydroxylation is 1. The predicted octanol–water partition coefficient (Wildman–Crippen LogP) is 2.45. The standard InChI is InChI=1S/C24H19N5O4/c1-29-13-19(17-5-3-2-4-16(17)11-25)18-10-20(27-21(18)24(29)32)23(31)26-12-14-6-8-15(9-7-14)22(30)28-33/h2-10,13,27,33H,12H2,1H3,(H,26,31)(H,28,30). The van der Waals surface area contributed by atoms with E-state index in [1.165, 1.54) is 16.7 Å². The molecule has 2 amide bonds. The molecule has 2 aromatic heterocycles. The number of fused-ring (bicyclic) bond motifs is 1. The molecule has 0 atom stereocenters. The molecule has 164 valence electrons. The quantitative estimate of drug-likeness (QED) is 0.278. The van der Waals surface area contributed by atoms with E-state index in [0.717, 1.165) is 5.56 Å². The third-order valence-corrected chi connectivity index (χ3v) is 5.32. The van der Waals surface area contributed by atoms with Crippen LogP contribution in [0.5, 0.6) is 0 Å². The number of benzene rings is 2. The van der Waals surface area contributed by atoms with Crippen molar-refractivity contribution in [3.05, 3.63) is 93.5 Å². The van der Waals surface area contributed by atoms with Crippen molar-refractivity contribution in [3.8, 4) is 17.2 Å². The minimum atomic E-state index is -0.626. The van der Waals surface area contributed by atoms with Crippen molar-refractivity contribution in [3.63, 3.8) is 0 Å². The summed E-state index contributed by atoms with van der Waals surface area (Å²) in [5.41, 5.74) is 4.56. The fourth-order valence-electron chi connectivity index (χ4n) is 3.60. The van der Waals surface area contributed by atoms with E-state index in [9.17, 15) is 19.6 Å². The molecule has 0 saturated carbocycles. The van der Waals surface area contributed by atoms with Gasteiger partial charge in [-0.25, -0.2) is 5.48 Å². The second kappa shape index (κ2) is 8.82. The number of carbonyl (C=O) groups excluding carboxylic acids is 2. The highest BCUT2D eigenvalue weighted by Gasteiger charge is 2.17. The Morgan fingerprint density at radius 1 is 1.09 bits per heavy atom. The maximum atomic E-state index is 12.8. The normalized spacial score (nSPS) is 10.6. The number of rotatable bonds is 5. The number of H-pyrrole nitrogens is 1. The molecular weight excluding hydrogens is 422 g/mol. The fraction of sp³-hybridized carbons (Fsp3) is 0.0833. The summed E-state index contributed by atoms with van der Waals surface area (Å²) in [6, 6.07) is 17.2. The van der Waals surface area contributed by atoms with Crippen molar-refractivity contribution >= 4 is 22.7 Å². The van der Waals surface area contributed by atoms with Crippen LogP contribution in [0.4, 0.5) is 0 Å². The van der Waals surface area contributed by atoms with Gasteiger partial charge in [0.05, 0.1) is 11.6 Å². The average molecular weight is 441 g/mol. The lowest BCUT2D eigenvalue weighted by Crippen LogP contribution is -2.23. The Morgan fingerprint density at radius 2 is 1.82 bits per heavy atom. The number of aromatic amines is 1. The van der Waals surface area contributed by atoms with Gasteiger partial charge in [0.25, 0.3) is 17.4 Å². The molecule has 2 aromatic carbocycles. The van der Waals surface area contributed by atoms with Crippen molar-refractivity contribution in [1.82, 2.24) is 20.3 Å². The number of nitriles is 1. The van der Waals surface area contributed by atoms with Gasteiger partial charge in [-0.2, -0.15) is 5.26 Å². The molecule has 0 aliphatic carbocycles. The number of nitrogens with zero attached hydrogens (tertiary/aromatic N) is 2. The second-order valence-corrected chi connectivity index (χ2v) is 7.41. The highest BCUT2D eigenvalue weighted by molar-refractivity contribution is 6.03. The van der Waals surface area contributed by atoms with Crippen molar-refractivity contribution in [2.45, 2.75) is 6.54 Å². The van der Waals surface area contributed by atoms with Crippen molar-refractivity contribution in [1.29, 1.82) is 5.26 Å². The fourth-order valence-corrected chi connectivity index (χ4v) is 3.60. The van der Waals surface area contributed by atoms with Crippen molar-refractivity contribution < 1.29 is 14.8 Å². The first-order valence-electron chi connectivity index (χ1n) is 9.96. The first kappa shape index (κ1) is 21.5. The lowest BCUT2D eigenvalue weighted by atomic mass is 9.99. The van der Waals surface area contributed by atoms with Gasteiger partial charge in [-0.3, -0.25) is 19.6 Å². The zero-order valence-corrected chi connectivity index (χ0v) is 17.5. The Balaban J connectivity index is 1.64. The Hall–Kier alpha value is -4.68. The van der Waals surface area contributed by atoms with E-state index in [2.05, 4.69) is 16.4 Å². The third-order valence-electron chi connectivity index (χ3n) is 5.32. The molecule has 33 heavy (non-hydrogen) atoms. The van der Waals surface area contributed by atoms with E-state index in [0.29, 0.717) is 22.1 Å². The molecule has 0 radical (unpaired) electrons. The summed E-state index contributed by atoms with van der Waals surface area (Å²) < 4.78 is 1.41. The number of pyridine rings is 1. The van der Waals surface area contributed by atoms with Crippen molar-refractivity contribution in [2.75, 3.05) is 0 Å². The Morgan fingerprint density at radius 3 is 2.52 bits per heavy atom. The van der Waals surface area contributed by atoms with E-state index in [1.807, 2.05) is 6.07 Å². The molecule has 4 rings (SSSR count). The van der Waals surface area contributed by atoms with E-state index < -0.39 is 11.8 Å². The van der Waals surface area contributed by atoms with E-state index in [1.54, 1.807) is 55.1 Å². The first-order chi connectivity index (χ1) is 15.9. The number of aromatic nitrogens is 2. The number of hydroxylamine groups is 1. The molecule has 0 spiro atoms. The molecule has 2 heterocycles. The second-order valence-electron chi connectivity index (χ2n) is 7.41. The number of hydrogen-bond donors (Lipinski definition) is 4. The Bertz CT molecular complexity index is 1480. The molecular formula is C24H19N5O4. The van der Waals surface area contributed by atoms with E-state index >= 15 is 0 Å².